The second kappa shape index (κ2) is 5.51. The summed E-state index contributed by atoms with van der Waals surface area (Å²) in [7, 11) is 1.76. The lowest BCUT2D eigenvalue weighted by Crippen LogP contribution is -2.14. The van der Waals surface area contributed by atoms with Crippen LogP contribution in [-0.2, 0) is 0 Å². The molecule has 18 heavy (non-hydrogen) atoms. The van der Waals surface area contributed by atoms with Gasteiger partial charge in [-0.3, -0.25) is 9.78 Å². The molecule has 2 rings (SSSR count). The van der Waals surface area contributed by atoms with Crippen molar-refractivity contribution < 1.29 is 4.79 Å². The van der Waals surface area contributed by atoms with Gasteiger partial charge >= 0.3 is 0 Å². The van der Waals surface area contributed by atoms with Gasteiger partial charge in [0.05, 0.1) is 5.56 Å². The molecule has 2 N–H and O–H groups in total. The van der Waals surface area contributed by atoms with Crippen LogP contribution in [0.5, 0.6) is 0 Å². The van der Waals surface area contributed by atoms with Crippen LogP contribution >= 0.6 is 11.6 Å². The predicted molar refractivity (Wildman–Crippen MR) is 73.2 cm³/mol. The Morgan fingerprint density at radius 3 is 2.89 bits per heavy atom. The number of amides is 1. The highest BCUT2D eigenvalue weighted by atomic mass is 35.5. The number of nitrogens with zero attached hydrogens (tertiary/aromatic N) is 1. The molecule has 1 amide bonds. The predicted octanol–water partition coefficient (Wildman–Crippen LogP) is 3.03. The van der Waals surface area contributed by atoms with Gasteiger partial charge in [0.2, 0.25) is 0 Å². The van der Waals surface area contributed by atoms with E-state index in [9.17, 15) is 4.79 Å². The summed E-state index contributed by atoms with van der Waals surface area (Å²) in [5.74, 6) is -0.227. The molecule has 1 heterocycles. The van der Waals surface area contributed by atoms with Crippen molar-refractivity contribution >= 4 is 28.9 Å². The van der Waals surface area contributed by atoms with Crippen molar-refractivity contribution in [2.75, 3.05) is 17.7 Å². The maximum atomic E-state index is 12.1. The zero-order valence-electron chi connectivity index (χ0n) is 9.77. The average Bonchev–Trinajstić information content (AvgIpc) is 2.38. The van der Waals surface area contributed by atoms with Crippen LogP contribution in [0.4, 0.5) is 11.4 Å². The van der Waals surface area contributed by atoms with Gasteiger partial charge in [0, 0.05) is 35.8 Å². The molecule has 0 saturated carbocycles. The van der Waals surface area contributed by atoms with Gasteiger partial charge in [-0.25, -0.2) is 0 Å². The second-order valence-electron chi connectivity index (χ2n) is 3.64. The summed E-state index contributed by atoms with van der Waals surface area (Å²) in [5, 5.41) is 6.29. The van der Waals surface area contributed by atoms with Crippen LogP contribution in [0, 0.1) is 0 Å². The molecule has 92 valence electrons. The van der Waals surface area contributed by atoms with E-state index in [1.165, 1.54) is 6.20 Å². The number of aromatic nitrogens is 1. The van der Waals surface area contributed by atoms with E-state index in [1.54, 1.807) is 43.6 Å². The number of carbonyl (C=O) groups excluding carboxylic acids is 1. The van der Waals surface area contributed by atoms with E-state index in [1.807, 2.05) is 0 Å². The van der Waals surface area contributed by atoms with Gasteiger partial charge in [0.25, 0.3) is 5.91 Å². The Morgan fingerprint density at radius 2 is 2.17 bits per heavy atom. The number of hydrogen-bond donors (Lipinski definition) is 2. The Hall–Kier alpha value is -2.07. The minimum Gasteiger partial charge on any atom is -0.387 e. The van der Waals surface area contributed by atoms with Crippen LogP contribution in [0.25, 0.3) is 0 Å². The Morgan fingerprint density at radius 1 is 1.33 bits per heavy atom. The third-order valence-corrected chi connectivity index (χ3v) is 2.65. The Labute approximate surface area is 110 Å². The molecule has 0 aliphatic heterocycles. The summed E-state index contributed by atoms with van der Waals surface area (Å²) >= 11 is 5.86. The van der Waals surface area contributed by atoms with Crippen LogP contribution in [0.3, 0.4) is 0 Å². The molecule has 1 aromatic heterocycles. The fourth-order valence-corrected chi connectivity index (χ4v) is 1.75. The van der Waals surface area contributed by atoms with Gasteiger partial charge in [0.15, 0.2) is 0 Å². The zero-order valence-corrected chi connectivity index (χ0v) is 10.5. The number of rotatable bonds is 3. The summed E-state index contributed by atoms with van der Waals surface area (Å²) in [4.78, 5) is 16.0. The molecule has 0 fully saturated rings. The van der Waals surface area contributed by atoms with Crippen molar-refractivity contribution in [3.05, 3.63) is 53.3 Å². The molecule has 4 nitrogen and oxygen atoms in total. The van der Waals surface area contributed by atoms with Crippen LogP contribution in [-0.4, -0.2) is 17.9 Å². The summed E-state index contributed by atoms with van der Waals surface area (Å²) in [6.07, 6.45) is 3.15. The van der Waals surface area contributed by atoms with Crippen LogP contribution in [0.1, 0.15) is 10.4 Å². The summed E-state index contributed by atoms with van der Waals surface area (Å²) in [6, 6.07) is 8.74. The average molecular weight is 262 g/mol. The van der Waals surface area contributed by atoms with E-state index in [0.717, 1.165) is 5.69 Å². The highest BCUT2D eigenvalue weighted by molar-refractivity contribution is 6.31. The highest BCUT2D eigenvalue weighted by Crippen LogP contribution is 2.18. The van der Waals surface area contributed by atoms with Crippen LogP contribution < -0.4 is 10.6 Å². The minimum atomic E-state index is -0.227. The van der Waals surface area contributed by atoms with Gasteiger partial charge in [-0.1, -0.05) is 17.7 Å². The second-order valence-corrected chi connectivity index (χ2v) is 4.07. The largest absolute Gasteiger partial charge is 0.387 e. The molecule has 0 saturated heterocycles. The molecular weight excluding hydrogens is 250 g/mol. The number of pyridine rings is 1. The molecule has 2 aromatic rings. The number of nitrogens with one attached hydrogen (secondary N) is 2. The topological polar surface area (TPSA) is 54.0 Å². The SMILES string of the molecule is CNc1ccncc1C(=O)Nc1cccc(Cl)c1. The Balaban J connectivity index is 2.22. The number of hydrogen-bond acceptors (Lipinski definition) is 3. The first-order valence-corrected chi connectivity index (χ1v) is 5.77. The van der Waals surface area contributed by atoms with Crippen LogP contribution in [0.15, 0.2) is 42.7 Å². The molecule has 0 aliphatic carbocycles. The molecule has 0 radical (unpaired) electrons. The third-order valence-electron chi connectivity index (χ3n) is 2.42. The van der Waals surface area contributed by atoms with Crippen molar-refractivity contribution in [3.8, 4) is 0 Å². The van der Waals surface area contributed by atoms with Crippen LogP contribution in [0.2, 0.25) is 5.02 Å². The van der Waals surface area contributed by atoms with Crippen molar-refractivity contribution in [1.82, 2.24) is 4.98 Å². The lowest BCUT2D eigenvalue weighted by atomic mass is 10.2. The molecule has 1 aromatic carbocycles. The van der Waals surface area contributed by atoms with E-state index in [2.05, 4.69) is 15.6 Å². The maximum absolute atomic E-state index is 12.1. The van der Waals surface area contributed by atoms with E-state index in [-0.39, 0.29) is 5.91 Å². The van der Waals surface area contributed by atoms with E-state index >= 15 is 0 Å². The molecule has 0 spiro atoms. The van der Waals surface area contributed by atoms with Gasteiger partial charge < -0.3 is 10.6 Å². The Kier molecular flexibility index (Phi) is 3.79. The van der Waals surface area contributed by atoms with Gasteiger partial charge in [0.1, 0.15) is 0 Å². The summed E-state index contributed by atoms with van der Waals surface area (Å²) in [6.45, 7) is 0. The van der Waals surface area contributed by atoms with Crippen molar-refractivity contribution in [2.24, 2.45) is 0 Å². The van der Waals surface area contributed by atoms with Gasteiger partial charge in [-0.15, -0.1) is 0 Å². The summed E-state index contributed by atoms with van der Waals surface area (Å²) in [5.41, 5.74) is 1.86. The van der Waals surface area contributed by atoms with Gasteiger partial charge in [-0.05, 0) is 24.3 Å². The van der Waals surface area contributed by atoms with Crippen molar-refractivity contribution in [1.29, 1.82) is 0 Å². The lowest BCUT2D eigenvalue weighted by molar-refractivity contribution is 0.102. The standard InChI is InChI=1S/C13H12ClN3O/c1-15-12-5-6-16-8-11(12)13(18)17-10-4-2-3-9(14)7-10/h2-8H,1H3,(H,15,16)(H,17,18). The fraction of sp³-hybridized carbons (Fsp3) is 0.0769. The number of carbonyl (C=O) groups is 1. The van der Waals surface area contributed by atoms with E-state index in [0.29, 0.717) is 16.3 Å². The molecule has 5 heteroatoms. The molecule has 0 aliphatic rings. The van der Waals surface area contributed by atoms with Crippen molar-refractivity contribution in [3.63, 3.8) is 0 Å². The molecular formula is C13H12ClN3O. The maximum Gasteiger partial charge on any atom is 0.259 e. The highest BCUT2D eigenvalue weighted by Gasteiger charge is 2.10. The smallest absolute Gasteiger partial charge is 0.259 e. The molecule has 0 atom stereocenters. The quantitative estimate of drug-likeness (QED) is 0.893. The number of anilines is 2. The molecule has 0 bridgehead atoms. The minimum absolute atomic E-state index is 0.227. The van der Waals surface area contributed by atoms with Gasteiger partial charge in [-0.2, -0.15) is 0 Å². The van der Waals surface area contributed by atoms with E-state index < -0.39 is 0 Å². The monoisotopic (exact) mass is 261 g/mol. The third kappa shape index (κ3) is 2.78. The first-order chi connectivity index (χ1) is 8.70. The number of halogens is 1. The first kappa shape index (κ1) is 12.4. The fourth-order valence-electron chi connectivity index (χ4n) is 1.56. The number of benzene rings is 1. The first-order valence-electron chi connectivity index (χ1n) is 5.39. The molecule has 0 unspecified atom stereocenters. The zero-order chi connectivity index (χ0) is 13.0. The van der Waals surface area contributed by atoms with E-state index in [4.69, 9.17) is 11.6 Å². The normalized spacial score (nSPS) is 9.89. The summed E-state index contributed by atoms with van der Waals surface area (Å²) < 4.78 is 0. The Bertz CT molecular complexity index is 572. The van der Waals surface area contributed by atoms with Crippen molar-refractivity contribution in [2.45, 2.75) is 0 Å². The lowest BCUT2D eigenvalue weighted by Gasteiger charge is -2.09.